The van der Waals surface area contributed by atoms with Crippen molar-refractivity contribution in [1.82, 2.24) is 9.97 Å². The molecule has 0 aliphatic rings. The summed E-state index contributed by atoms with van der Waals surface area (Å²) >= 11 is 0. The summed E-state index contributed by atoms with van der Waals surface area (Å²) in [5.74, 6) is 0.803. The topological polar surface area (TPSA) is 25.8 Å². The lowest BCUT2D eigenvalue weighted by atomic mass is 10.0. The first-order valence-corrected chi connectivity index (χ1v) is 10.8. The zero-order valence-electron chi connectivity index (χ0n) is 17.3. The van der Waals surface area contributed by atoms with Gasteiger partial charge in [-0.1, -0.05) is 88.1 Å². The van der Waals surface area contributed by atoms with E-state index in [9.17, 15) is 0 Å². The van der Waals surface area contributed by atoms with Crippen LogP contribution in [0.5, 0.6) is 0 Å². The molecule has 28 heavy (non-hydrogen) atoms. The van der Waals surface area contributed by atoms with E-state index in [4.69, 9.17) is 0 Å². The van der Waals surface area contributed by atoms with Gasteiger partial charge in [-0.25, -0.2) is 9.97 Å². The van der Waals surface area contributed by atoms with E-state index in [-0.39, 0.29) is 0 Å². The normalized spacial score (nSPS) is 10.9. The van der Waals surface area contributed by atoms with Crippen molar-refractivity contribution in [2.24, 2.45) is 0 Å². The molecule has 2 nitrogen and oxygen atoms in total. The third-order valence-corrected chi connectivity index (χ3v) is 5.27. The first-order chi connectivity index (χ1) is 13.8. The number of hydrogen-bond acceptors (Lipinski definition) is 2. The maximum Gasteiger partial charge on any atom is 0.159 e. The molecule has 0 saturated heterocycles. The Morgan fingerprint density at radius 3 is 1.54 bits per heavy atom. The molecule has 0 aliphatic heterocycles. The van der Waals surface area contributed by atoms with Crippen LogP contribution >= 0.6 is 0 Å². The molecule has 0 amide bonds. The van der Waals surface area contributed by atoms with E-state index in [2.05, 4.69) is 72.3 Å². The van der Waals surface area contributed by atoms with Crippen molar-refractivity contribution < 1.29 is 0 Å². The summed E-state index contributed by atoms with van der Waals surface area (Å²) in [6, 6.07) is 17.6. The fourth-order valence-corrected chi connectivity index (χ4v) is 3.47. The third kappa shape index (κ3) is 5.76. The van der Waals surface area contributed by atoms with Crippen LogP contribution in [0, 0.1) is 0 Å². The van der Waals surface area contributed by atoms with Crippen molar-refractivity contribution in [1.29, 1.82) is 0 Å². The van der Waals surface area contributed by atoms with Crippen molar-refractivity contribution >= 4 is 0 Å². The zero-order chi connectivity index (χ0) is 19.6. The minimum atomic E-state index is 0.803. The molecule has 1 heterocycles. The Bertz CT molecular complexity index is 745. The lowest BCUT2D eigenvalue weighted by Crippen LogP contribution is -1.93. The van der Waals surface area contributed by atoms with E-state index in [0.29, 0.717) is 0 Å². The standard InChI is InChI=1S/C26H32N2/c1-3-5-7-9-21-11-13-23(14-12-21)24-15-17-25(18-16-24)26-27-19-22(20-28-26)10-8-6-4-2/h11-20H,3-10H2,1-2H3. The Labute approximate surface area is 170 Å². The van der Waals surface area contributed by atoms with Gasteiger partial charge in [-0.15, -0.1) is 0 Å². The number of unbranched alkanes of at least 4 members (excludes halogenated alkanes) is 4. The number of hydrogen-bond donors (Lipinski definition) is 0. The second-order valence-corrected chi connectivity index (χ2v) is 7.60. The molecule has 1 aromatic heterocycles. The average Bonchev–Trinajstić information content (AvgIpc) is 2.75. The van der Waals surface area contributed by atoms with Gasteiger partial charge in [0.25, 0.3) is 0 Å². The van der Waals surface area contributed by atoms with E-state index in [0.717, 1.165) is 17.8 Å². The molecule has 146 valence electrons. The van der Waals surface area contributed by atoms with Crippen molar-refractivity contribution in [3.8, 4) is 22.5 Å². The quantitative estimate of drug-likeness (QED) is 0.350. The highest BCUT2D eigenvalue weighted by Crippen LogP contribution is 2.24. The molecule has 0 aliphatic carbocycles. The lowest BCUT2D eigenvalue weighted by molar-refractivity contribution is 0.714. The first-order valence-electron chi connectivity index (χ1n) is 10.8. The maximum absolute atomic E-state index is 4.57. The Morgan fingerprint density at radius 1 is 0.536 bits per heavy atom. The summed E-state index contributed by atoms with van der Waals surface area (Å²) in [5, 5.41) is 0. The predicted octanol–water partition coefficient (Wildman–Crippen LogP) is 7.28. The third-order valence-electron chi connectivity index (χ3n) is 5.27. The molecule has 2 aromatic carbocycles. The minimum Gasteiger partial charge on any atom is -0.236 e. The lowest BCUT2D eigenvalue weighted by Gasteiger charge is -2.06. The van der Waals surface area contributed by atoms with E-state index < -0.39 is 0 Å². The smallest absolute Gasteiger partial charge is 0.159 e. The van der Waals surface area contributed by atoms with Crippen molar-refractivity contribution in [2.45, 2.75) is 65.2 Å². The van der Waals surface area contributed by atoms with Gasteiger partial charge in [0.2, 0.25) is 0 Å². The number of benzene rings is 2. The van der Waals surface area contributed by atoms with Gasteiger partial charge >= 0.3 is 0 Å². The highest BCUT2D eigenvalue weighted by atomic mass is 14.9. The monoisotopic (exact) mass is 372 g/mol. The molecule has 0 saturated carbocycles. The second kappa shape index (κ2) is 10.8. The molecule has 2 heteroatoms. The number of aryl methyl sites for hydroxylation is 2. The fourth-order valence-electron chi connectivity index (χ4n) is 3.47. The van der Waals surface area contributed by atoms with Crippen molar-refractivity contribution in [3.63, 3.8) is 0 Å². The van der Waals surface area contributed by atoms with Gasteiger partial charge in [0.15, 0.2) is 5.82 Å². The highest BCUT2D eigenvalue weighted by molar-refractivity contribution is 5.67. The van der Waals surface area contributed by atoms with Gasteiger partial charge in [-0.05, 0) is 47.9 Å². The van der Waals surface area contributed by atoms with Crippen LogP contribution in [0.4, 0.5) is 0 Å². The molecule has 0 radical (unpaired) electrons. The summed E-state index contributed by atoms with van der Waals surface area (Å²) in [5.41, 5.74) is 6.23. The largest absolute Gasteiger partial charge is 0.236 e. The van der Waals surface area contributed by atoms with Gasteiger partial charge in [-0.2, -0.15) is 0 Å². The Kier molecular flexibility index (Phi) is 7.78. The Morgan fingerprint density at radius 2 is 1.00 bits per heavy atom. The van der Waals surface area contributed by atoms with Gasteiger partial charge in [0, 0.05) is 18.0 Å². The van der Waals surface area contributed by atoms with Crippen LogP contribution in [-0.4, -0.2) is 9.97 Å². The maximum atomic E-state index is 4.57. The molecular formula is C26H32N2. The van der Waals surface area contributed by atoms with Crippen LogP contribution in [0.3, 0.4) is 0 Å². The molecule has 3 rings (SSSR count). The Hall–Kier alpha value is -2.48. The van der Waals surface area contributed by atoms with Crippen LogP contribution in [0.15, 0.2) is 60.9 Å². The zero-order valence-corrected chi connectivity index (χ0v) is 17.3. The number of nitrogens with zero attached hydrogens (tertiary/aromatic N) is 2. The number of rotatable bonds is 10. The molecule has 0 bridgehead atoms. The van der Waals surface area contributed by atoms with Crippen LogP contribution in [0.25, 0.3) is 22.5 Å². The van der Waals surface area contributed by atoms with Crippen LogP contribution < -0.4 is 0 Å². The van der Waals surface area contributed by atoms with Crippen molar-refractivity contribution in [3.05, 3.63) is 72.1 Å². The van der Waals surface area contributed by atoms with E-state index in [1.165, 1.54) is 67.2 Å². The SMILES string of the molecule is CCCCCc1ccc(-c2ccc(-c3ncc(CCCCC)cn3)cc2)cc1. The summed E-state index contributed by atoms with van der Waals surface area (Å²) in [4.78, 5) is 9.13. The molecular weight excluding hydrogens is 340 g/mol. The number of aromatic nitrogens is 2. The van der Waals surface area contributed by atoms with Gasteiger partial charge < -0.3 is 0 Å². The second-order valence-electron chi connectivity index (χ2n) is 7.60. The van der Waals surface area contributed by atoms with Crippen LogP contribution in [0.1, 0.15) is 63.5 Å². The summed E-state index contributed by atoms with van der Waals surface area (Å²) in [6.45, 7) is 4.48. The summed E-state index contributed by atoms with van der Waals surface area (Å²) in [6.07, 6.45) is 13.8. The molecule has 0 unspecified atom stereocenters. The van der Waals surface area contributed by atoms with Gasteiger partial charge in [-0.3, -0.25) is 0 Å². The molecule has 3 aromatic rings. The molecule has 0 N–H and O–H groups in total. The minimum absolute atomic E-state index is 0.803. The summed E-state index contributed by atoms with van der Waals surface area (Å²) < 4.78 is 0. The van der Waals surface area contributed by atoms with Crippen molar-refractivity contribution in [2.75, 3.05) is 0 Å². The van der Waals surface area contributed by atoms with E-state index >= 15 is 0 Å². The first kappa shape index (κ1) is 20.3. The summed E-state index contributed by atoms with van der Waals surface area (Å²) in [7, 11) is 0. The average molecular weight is 373 g/mol. The van der Waals surface area contributed by atoms with E-state index in [1.54, 1.807) is 0 Å². The van der Waals surface area contributed by atoms with Crippen LogP contribution in [-0.2, 0) is 12.8 Å². The predicted molar refractivity (Wildman–Crippen MR) is 119 cm³/mol. The molecule has 0 spiro atoms. The molecule has 0 fully saturated rings. The molecule has 0 atom stereocenters. The van der Waals surface area contributed by atoms with Gasteiger partial charge in [0.1, 0.15) is 0 Å². The van der Waals surface area contributed by atoms with Gasteiger partial charge in [0.05, 0.1) is 0 Å². The highest BCUT2D eigenvalue weighted by Gasteiger charge is 2.04. The fraction of sp³-hybridized carbons (Fsp3) is 0.385. The van der Waals surface area contributed by atoms with E-state index in [1.807, 2.05) is 12.4 Å². The Balaban J connectivity index is 1.63. The van der Waals surface area contributed by atoms with Crippen LogP contribution in [0.2, 0.25) is 0 Å².